The molecule has 1 N–H and O–H groups in total. The van der Waals surface area contributed by atoms with Crippen LogP contribution in [0.25, 0.3) is 0 Å². The van der Waals surface area contributed by atoms with Gasteiger partial charge in [-0.3, -0.25) is 0 Å². The number of halogens is 1. The second-order valence-corrected chi connectivity index (χ2v) is 3.41. The first-order valence-corrected chi connectivity index (χ1v) is 5.10. The molecule has 2 aromatic rings. The molecule has 1 aromatic heterocycles. The Kier molecular flexibility index (Phi) is 3.43. The van der Waals surface area contributed by atoms with E-state index in [1.165, 1.54) is 12.1 Å². The first-order valence-electron chi connectivity index (χ1n) is 5.10. The summed E-state index contributed by atoms with van der Waals surface area (Å²) in [6.45, 7) is 0.754. The fourth-order valence-electron chi connectivity index (χ4n) is 1.38. The van der Waals surface area contributed by atoms with Gasteiger partial charge in [0.15, 0.2) is 0 Å². The van der Waals surface area contributed by atoms with Crippen LogP contribution in [0.4, 0.5) is 10.2 Å². The second-order valence-electron chi connectivity index (χ2n) is 3.41. The largest absolute Gasteiger partial charge is 0.368 e. The van der Waals surface area contributed by atoms with E-state index in [4.69, 9.17) is 0 Å². The van der Waals surface area contributed by atoms with E-state index < -0.39 is 0 Å². The van der Waals surface area contributed by atoms with Crippen molar-refractivity contribution in [1.82, 2.24) is 10.2 Å². The molecule has 1 heterocycles. The molecule has 3 nitrogen and oxygen atoms in total. The molecular weight excluding hydrogens is 205 g/mol. The standard InChI is InChI=1S/C12H12FN3/c13-11-5-3-10(4-6-11)7-9-14-12-2-1-8-15-16-12/h1-6,8H,7,9H2,(H,14,16). The van der Waals surface area contributed by atoms with Gasteiger partial charge in [0.1, 0.15) is 11.6 Å². The van der Waals surface area contributed by atoms with Crippen molar-refractivity contribution < 1.29 is 4.39 Å². The van der Waals surface area contributed by atoms with Gasteiger partial charge in [-0.25, -0.2) is 4.39 Å². The molecule has 0 radical (unpaired) electrons. The molecule has 0 spiro atoms. The van der Waals surface area contributed by atoms with E-state index in [9.17, 15) is 4.39 Å². The van der Waals surface area contributed by atoms with Gasteiger partial charge in [0.2, 0.25) is 0 Å². The normalized spacial score (nSPS) is 10.1. The highest BCUT2D eigenvalue weighted by Gasteiger charge is 1.95. The number of rotatable bonds is 4. The van der Waals surface area contributed by atoms with Crippen LogP contribution in [0.2, 0.25) is 0 Å². The molecule has 16 heavy (non-hydrogen) atoms. The number of anilines is 1. The Morgan fingerprint density at radius 2 is 1.94 bits per heavy atom. The van der Waals surface area contributed by atoms with Gasteiger partial charge in [-0.1, -0.05) is 12.1 Å². The molecule has 82 valence electrons. The van der Waals surface area contributed by atoms with Crippen molar-refractivity contribution in [3.8, 4) is 0 Å². The number of aromatic nitrogens is 2. The topological polar surface area (TPSA) is 37.8 Å². The highest BCUT2D eigenvalue weighted by Crippen LogP contribution is 2.04. The van der Waals surface area contributed by atoms with E-state index in [-0.39, 0.29) is 5.82 Å². The zero-order chi connectivity index (χ0) is 11.2. The Labute approximate surface area is 93.3 Å². The third-order valence-corrected chi connectivity index (χ3v) is 2.21. The maximum absolute atomic E-state index is 12.6. The van der Waals surface area contributed by atoms with Crippen LogP contribution in [0.15, 0.2) is 42.6 Å². The third-order valence-electron chi connectivity index (χ3n) is 2.21. The van der Waals surface area contributed by atoms with Crippen molar-refractivity contribution in [2.75, 3.05) is 11.9 Å². The lowest BCUT2D eigenvalue weighted by atomic mass is 10.1. The minimum atomic E-state index is -0.203. The van der Waals surface area contributed by atoms with Gasteiger partial charge in [0, 0.05) is 12.7 Å². The maximum atomic E-state index is 12.6. The first-order chi connectivity index (χ1) is 7.84. The van der Waals surface area contributed by atoms with Crippen molar-refractivity contribution in [2.24, 2.45) is 0 Å². The molecule has 4 heteroatoms. The average molecular weight is 217 g/mol. The molecule has 0 fully saturated rings. The molecule has 1 aromatic carbocycles. The lowest BCUT2D eigenvalue weighted by Crippen LogP contribution is -2.06. The molecule has 0 saturated carbocycles. The number of nitrogens with one attached hydrogen (secondary N) is 1. The summed E-state index contributed by atoms with van der Waals surface area (Å²) in [5, 5.41) is 10.8. The number of nitrogens with zero attached hydrogens (tertiary/aromatic N) is 2. The molecular formula is C12H12FN3. The summed E-state index contributed by atoms with van der Waals surface area (Å²) < 4.78 is 12.6. The molecule has 0 unspecified atom stereocenters. The van der Waals surface area contributed by atoms with Crippen LogP contribution < -0.4 is 5.32 Å². The molecule has 0 aliphatic carbocycles. The summed E-state index contributed by atoms with van der Waals surface area (Å²) in [7, 11) is 0. The van der Waals surface area contributed by atoms with Crippen LogP contribution in [0.1, 0.15) is 5.56 Å². The van der Waals surface area contributed by atoms with Gasteiger partial charge >= 0.3 is 0 Å². The zero-order valence-electron chi connectivity index (χ0n) is 8.73. The second kappa shape index (κ2) is 5.21. The summed E-state index contributed by atoms with van der Waals surface area (Å²) in [6, 6.07) is 10.2. The van der Waals surface area contributed by atoms with Gasteiger partial charge in [0.05, 0.1) is 0 Å². The van der Waals surface area contributed by atoms with Crippen LogP contribution in [0, 0.1) is 5.82 Å². The van der Waals surface area contributed by atoms with E-state index in [1.54, 1.807) is 18.3 Å². The minimum Gasteiger partial charge on any atom is -0.368 e. The van der Waals surface area contributed by atoms with E-state index in [0.29, 0.717) is 0 Å². The van der Waals surface area contributed by atoms with Crippen molar-refractivity contribution in [3.05, 3.63) is 54.0 Å². The predicted octanol–water partition coefficient (Wildman–Crippen LogP) is 2.27. The van der Waals surface area contributed by atoms with Crippen LogP contribution in [-0.4, -0.2) is 16.7 Å². The van der Waals surface area contributed by atoms with Crippen LogP contribution in [0.5, 0.6) is 0 Å². The maximum Gasteiger partial charge on any atom is 0.148 e. The lowest BCUT2D eigenvalue weighted by Gasteiger charge is -2.04. The van der Waals surface area contributed by atoms with E-state index in [1.807, 2.05) is 12.1 Å². The summed E-state index contributed by atoms with van der Waals surface area (Å²) in [5.74, 6) is 0.551. The smallest absolute Gasteiger partial charge is 0.148 e. The quantitative estimate of drug-likeness (QED) is 0.853. The van der Waals surface area contributed by atoms with E-state index in [0.717, 1.165) is 24.3 Å². The minimum absolute atomic E-state index is 0.203. The fourth-order valence-corrected chi connectivity index (χ4v) is 1.38. The summed E-state index contributed by atoms with van der Waals surface area (Å²) in [5.41, 5.74) is 1.10. The molecule has 0 saturated heterocycles. The fraction of sp³-hybridized carbons (Fsp3) is 0.167. The van der Waals surface area contributed by atoms with E-state index >= 15 is 0 Å². The van der Waals surface area contributed by atoms with E-state index in [2.05, 4.69) is 15.5 Å². The van der Waals surface area contributed by atoms with Gasteiger partial charge in [-0.05, 0) is 36.2 Å². The Bertz CT molecular complexity index is 428. The van der Waals surface area contributed by atoms with Gasteiger partial charge in [-0.15, -0.1) is 5.10 Å². The van der Waals surface area contributed by atoms with Gasteiger partial charge in [0.25, 0.3) is 0 Å². The van der Waals surface area contributed by atoms with Crippen molar-refractivity contribution in [2.45, 2.75) is 6.42 Å². The Morgan fingerprint density at radius 1 is 1.12 bits per heavy atom. The predicted molar refractivity (Wildman–Crippen MR) is 60.6 cm³/mol. The van der Waals surface area contributed by atoms with Crippen LogP contribution >= 0.6 is 0 Å². The van der Waals surface area contributed by atoms with Crippen molar-refractivity contribution >= 4 is 5.82 Å². The summed E-state index contributed by atoms with van der Waals surface area (Å²) in [6.07, 6.45) is 2.46. The molecule has 2 rings (SSSR count). The Morgan fingerprint density at radius 3 is 2.62 bits per heavy atom. The van der Waals surface area contributed by atoms with Crippen molar-refractivity contribution in [1.29, 1.82) is 0 Å². The first kappa shape index (κ1) is 10.5. The third kappa shape index (κ3) is 3.02. The molecule has 0 bridgehead atoms. The number of hydrogen-bond acceptors (Lipinski definition) is 3. The molecule has 0 aliphatic heterocycles. The van der Waals surface area contributed by atoms with Gasteiger partial charge in [-0.2, -0.15) is 5.10 Å². The number of hydrogen-bond donors (Lipinski definition) is 1. The monoisotopic (exact) mass is 217 g/mol. The highest BCUT2D eigenvalue weighted by atomic mass is 19.1. The molecule has 0 aliphatic rings. The zero-order valence-corrected chi connectivity index (χ0v) is 8.73. The van der Waals surface area contributed by atoms with Gasteiger partial charge < -0.3 is 5.32 Å². The molecule has 0 atom stereocenters. The Hall–Kier alpha value is -1.97. The summed E-state index contributed by atoms with van der Waals surface area (Å²) >= 11 is 0. The Balaban J connectivity index is 1.82. The summed E-state index contributed by atoms with van der Waals surface area (Å²) in [4.78, 5) is 0. The lowest BCUT2D eigenvalue weighted by molar-refractivity contribution is 0.627. The highest BCUT2D eigenvalue weighted by molar-refractivity contribution is 5.31. The van der Waals surface area contributed by atoms with Crippen LogP contribution in [0.3, 0.4) is 0 Å². The number of benzene rings is 1. The molecule has 0 amide bonds. The average Bonchev–Trinajstić information content (AvgIpc) is 2.33. The van der Waals surface area contributed by atoms with Crippen molar-refractivity contribution in [3.63, 3.8) is 0 Å². The SMILES string of the molecule is Fc1ccc(CCNc2cccnn2)cc1. The van der Waals surface area contributed by atoms with Crippen LogP contribution in [-0.2, 0) is 6.42 Å².